The van der Waals surface area contributed by atoms with Gasteiger partial charge in [-0.25, -0.2) is 4.79 Å². The van der Waals surface area contributed by atoms with Crippen molar-refractivity contribution in [2.45, 2.75) is 38.6 Å². The van der Waals surface area contributed by atoms with Gasteiger partial charge in [0.25, 0.3) is 5.91 Å². The van der Waals surface area contributed by atoms with Gasteiger partial charge in [0.2, 0.25) is 11.8 Å². The molecule has 0 radical (unpaired) electrons. The first kappa shape index (κ1) is 23.0. The zero-order valence-electron chi connectivity index (χ0n) is 18.3. The number of esters is 1. The van der Waals surface area contributed by atoms with Crippen LogP contribution < -0.4 is 16.0 Å². The largest absolute Gasteiger partial charge is 0.460 e. The predicted octanol–water partition coefficient (Wildman–Crippen LogP) is 0.990. The molecule has 10 nitrogen and oxygen atoms in total. The smallest absolute Gasteiger partial charge is 0.325 e. The van der Waals surface area contributed by atoms with E-state index in [9.17, 15) is 24.0 Å². The van der Waals surface area contributed by atoms with Gasteiger partial charge < -0.3 is 20.3 Å². The molecule has 5 amide bonds. The van der Waals surface area contributed by atoms with E-state index in [2.05, 4.69) is 16.0 Å². The van der Waals surface area contributed by atoms with Crippen LogP contribution in [0.2, 0.25) is 0 Å². The number of carbonyl (C=O) groups is 5. The van der Waals surface area contributed by atoms with Gasteiger partial charge in [-0.2, -0.15) is 0 Å². The molecule has 4 rings (SSSR count). The molecular weight excluding hydrogens is 440 g/mol. The topological polar surface area (TPSA) is 134 Å². The molecule has 2 aliphatic rings. The number of amides is 5. The molecular formula is C24H24N4O6. The summed E-state index contributed by atoms with van der Waals surface area (Å²) in [7, 11) is 0. The summed E-state index contributed by atoms with van der Waals surface area (Å²) in [5, 5.41) is 7.35. The van der Waals surface area contributed by atoms with E-state index in [1.165, 1.54) is 4.90 Å². The molecule has 0 spiro atoms. The van der Waals surface area contributed by atoms with Crippen LogP contribution in [-0.2, 0) is 38.8 Å². The van der Waals surface area contributed by atoms with Gasteiger partial charge >= 0.3 is 12.0 Å². The summed E-state index contributed by atoms with van der Waals surface area (Å²) in [5.74, 6) is -1.63. The molecule has 0 bridgehead atoms. The van der Waals surface area contributed by atoms with Gasteiger partial charge in [-0.1, -0.05) is 42.5 Å². The number of urea groups is 1. The van der Waals surface area contributed by atoms with Crippen molar-refractivity contribution in [2.75, 3.05) is 6.54 Å². The summed E-state index contributed by atoms with van der Waals surface area (Å²) in [6.45, 7) is 0.286. The van der Waals surface area contributed by atoms with Crippen LogP contribution in [0.4, 0.5) is 4.79 Å². The Morgan fingerprint density at radius 2 is 1.82 bits per heavy atom. The van der Waals surface area contributed by atoms with E-state index in [1.807, 2.05) is 30.3 Å². The zero-order chi connectivity index (χ0) is 24.1. The van der Waals surface area contributed by atoms with Gasteiger partial charge in [-0.05, 0) is 29.2 Å². The maximum absolute atomic E-state index is 12.9. The summed E-state index contributed by atoms with van der Waals surface area (Å²) < 4.78 is 5.11. The average molecular weight is 464 g/mol. The van der Waals surface area contributed by atoms with Crippen LogP contribution in [0.15, 0.2) is 48.5 Å². The lowest BCUT2D eigenvalue weighted by molar-refractivity contribution is -0.143. The highest BCUT2D eigenvalue weighted by molar-refractivity contribution is 6.05. The fourth-order valence-electron chi connectivity index (χ4n) is 3.90. The van der Waals surface area contributed by atoms with E-state index in [0.717, 1.165) is 11.1 Å². The molecule has 1 fully saturated rings. The highest BCUT2D eigenvalue weighted by Crippen LogP contribution is 2.28. The van der Waals surface area contributed by atoms with Crippen molar-refractivity contribution in [2.24, 2.45) is 0 Å². The van der Waals surface area contributed by atoms with Crippen LogP contribution in [0.5, 0.6) is 0 Å². The second-order valence-corrected chi connectivity index (χ2v) is 8.07. The van der Waals surface area contributed by atoms with Crippen LogP contribution in [-0.4, -0.2) is 47.2 Å². The van der Waals surface area contributed by atoms with Gasteiger partial charge in [0.15, 0.2) is 0 Å². The molecule has 2 aromatic carbocycles. The number of benzene rings is 2. The van der Waals surface area contributed by atoms with Crippen molar-refractivity contribution in [3.8, 4) is 0 Å². The molecule has 1 unspecified atom stereocenters. The van der Waals surface area contributed by atoms with Crippen molar-refractivity contribution in [1.82, 2.24) is 20.9 Å². The third-order valence-electron chi connectivity index (χ3n) is 5.68. The van der Waals surface area contributed by atoms with Crippen molar-refractivity contribution < 1.29 is 28.7 Å². The standard InChI is InChI=1S/C24H24N4O6/c29-20-9-8-19(22(31)27-20)28-13-17-7-6-16(10-18(17)23(28)32)11-25-24(33)26-12-21(30)34-14-15-4-2-1-3-5-15/h1-7,10,19H,8-9,11-14H2,(H2,25,26,33)(H,27,29,31). The number of piperidine rings is 1. The predicted molar refractivity (Wildman–Crippen MR) is 119 cm³/mol. The van der Waals surface area contributed by atoms with Gasteiger partial charge in [0, 0.05) is 25.1 Å². The number of ether oxygens (including phenoxy) is 1. The third-order valence-corrected chi connectivity index (χ3v) is 5.68. The minimum Gasteiger partial charge on any atom is -0.460 e. The Kier molecular flexibility index (Phi) is 6.86. The first-order valence-corrected chi connectivity index (χ1v) is 10.9. The molecule has 2 heterocycles. The Hall–Kier alpha value is -4.21. The number of nitrogens with one attached hydrogen (secondary N) is 3. The van der Waals surface area contributed by atoms with Crippen molar-refractivity contribution in [1.29, 1.82) is 0 Å². The second kappa shape index (κ2) is 10.2. The fraction of sp³-hybridized carbons (Fsp3) is 0.292. The Morgan fingerprint density at radius 3 is 2.59 bits per heavy atom. The number of hydrogen-bond donors (Lipinski definition) is 3. The Labute approximate surface area is 195 Å². The monoisotopic (exact) mass is 464 g/mol. The van der Waals surface area contributed by atoms with Crippen LogP contribution in [0.3, 0.4) is 0 Å². The van der Waals surface area contributed by atoms with Crippen molar-refractivity contribution >= 4 is 29.7 Å². The summed E-state index contributed by atoms with van der Waals surface area (Å²) in [6, 6.07) is 13.2. The maximum atomic E-state index is 12.9. The SMILES string of the molecule is O=C1CCC(N2Cc3ccc(CNC(=O)NCC(=O)OCc4ccccc4)cc3C2=O)C(=O)N1. The molecule has 1 saturated heterocycles. The molecule has 0 aliphatic carbocycles. The van der Waals surface area contributed by atoms with Gasteiger partial charge in [0.1, 0.15) is 19.2 Å². The minimum absolute atomic E-state index is 0.127. The lowest BCUT2D eigenvalue weighted by Crippen LogP contribution is -2.52. The first-order chi connectivity index (χ1) is 16.4. The number of nitrogens with zero attached hydrogens (tertiary/aromatic N) is 1. The Bertz CT molecular complexity index is 1130. The Balaban J connectivity index is 1.24. The second-order valence-electron chi connectivity index (χ2n) is 8.07. The van der Waals surface area contributed by atoms with E-state index in [1.54, 1.807) is 18.2 Å². The number of hydrogen-bond acceptors (Lipinski definition) is 6. The first-order valence-electron chi connectivity index (χ1n) is 10.9. The molecule has 2 aliphatic heterocycles. The van der Waals surface area contributed by atoms with E-state index in [0.29, 0.717) is 24.1 Å². The molecule has 0 aromatic heterocycles. The van der Waals surface area contributed by atoms with E-state index in [-0.39, 0.29) is 37.9 Å². The van der Waals surface area contributed by atoms with E-state index >= 15 is 0 Å². The highest BCUT2D eigenvalue weighted by Gasteiger charge is 2.39. The summed E-state index contributed by atoms with van der Waals surface area (Å²) in [5.41, 5.74) is 2.79. The van der Waals surface area contributed by atoms with Gasteiger partial charge in [0.05, 0.1) is 0 Å². The molecule has 0 saturated carbocycles. The number of carbonyl (C=O) groups excluding carboxylic acids is 5. The van der Waals surface area contributed by atoms with Crippen molar-refractivity contribution in [3.05, 3.63) is 70.8 Å². The maximum Gasteiger partial charge on any atom is 0.325 e. The van der Waals surface area contributed by atoms with E-state index < -0.39 is 23.9 Å². The molecule has 3 N–H and O–H groups in total. The summed E-state index contributed by atoms with van der Waals surface area (Å²) >= 11 is 0. The van der Waals surface area contributed by atoms with Crippen LogP contribution in [0, 0.1) is 0 Å². The van der Waals surface area contributed by atoms with Crippen molar-refractivity contribution in [3.63, 3.8) is 0 Å². The lowest BCUT2D eigenvalue weighted by atomic mass is 10.0. The quantitative estimate of drug-likeness (QED) is 0.413. The molecule has 10 heteroatoms. The lowest BCUT2D eigenvalue weighted by Gasteiger charge is -2.29. The average Bonchev–Trinajstić information content (AvgIpc) is 3.16. The number of fused-ring (bicyclic) bond motifs is 1. The minimum atomic E-state index is -0.674. The van der Waals surface area contributed by atoms with Crippen LogP contribution in [0.25, 0.3) is 0 Å². The number of rotatable bonds is 7. The summed E-state index contributed by atoms with van der Waals surface area (Å²) in [6.07, 6.45) is 0.493. The van der Waals surface area contributed by atoms with Crippen LogP contribution >= 0.6 is 0 Å². The van der Waals surface area contributed by atoms with Crippen LogP contribution in [0.1, 0.15) is 39.9 Å². The van der Waals surface area contributed by atoms with E-state index in [4.69, 9.17) is 4.74 Å². The molecule has 176 valence electrons. The fourth-order valence-corrected chi connectivity index (χ4v) is 3.90. The number of imide groups is 1. The van der Waals surface area contributed by atoms with Gasteiger partial charge in [-0.15, -0.1) is 0 Å². The summed E-state index contributed by atoms with van der Waals surface area (Å²) in [4.78, 5) is 61.7. The Morgan fingerprint density at radius 1 is 1.03 bits per heavy atom. The zero-order valence-corrected chi connectivity index (χ0v) is 18.3. The van der Waals surface area contributed by atoms with Gasteiger partial charge in [-0.3, -0.25) is 24.5 Å². The highest BCUT2D eigenvalue weighted by atomic mass is 16.5. The molecule has 1 atom stereocenters. The molecule has 34 heavy (non-hydrogen) atoms. The molecule has 2 aromatic rings. The third kappa shape index (κ3) is 5.40. The normalized spacial score (nSPS) is 17.1.